The van der Waals surface area contributed by atoms with E-state index in [4.69, 9.17) is 4.42 Å². The van der Waals surface area contributed by atoms with Gasteiger partial charge in [-0.25, -0.2) is 0 Å². The lowest BCUT2D eigenvalue weighted by molar-refractivity contribution is -0.117. The molecule has 3 aromatic heterocycles. The van der Waals surface area contributed by atoms with Crippen molar-refractivity contribution in [2.24, 2.45) is 0 Å². The molecule has 34 heavy (non-hydrogen) atoms. The van der Waals surface area contributed by atoms with Gasteiger partial charge in [-0.2, -0.15) is 5.26 Å². The summed E-state index contributed by atoms with van der Waals surface area (Å²) in [4.78, 5) is 16.1. The standard InChI is InChI=1S/C25H32N6O2S/c1-4-12-30(16-23-28-29-25(33-23)21-11-8-13-34-21)15-22(32)27-24-20(14-26)17(2)18(3)31(24)19-9-6-5-7-10-19/h8,11,13,19H,4-7,9-10,12,15-16H2,1-3H3,(H,27,32). The molecule has 180 valence electrons. The van der Waals surface area contributed by atoms with E-state index in [0.717, 1.165) is 41.9 Å². The minimum absolute atomic E-state index is 0.141. The van der Waals surface area contributed by atoms with E-state index in [1.165, 1.54) is 19.3 Å². The maximum Gasteiger partial charge on any atom is 0.257 e. The SMILES string of the molecule is CCCN(CC(=O)Nc1c(C#N)c(C)c(C)n1C1CCCCC1)Cc1nnc(-c2cccs2)o1. The first-order valence-electron chi connectivity index (χ1n) is 12.0. The number of rotatable bonds is 9. The van der Waals surface area contributed by atoms with Crippen molar-refractivity contribution in [3.05, 3.63) is 40.2 Å². The second-order valence-electron chi connectivity index (χ2n) is 8.94. The van der Waals surface area contributed by atoms with Crippen LogP contribution in [0.15, 0.2) is 21.9 Å². The van der Waals surface area contributed by atoms with Crippen molar-refractivity contribution in [1.82, 2.24) is 19.7 Å². The number of carbonyl (C=O) groups excluding carboxylic acids is 1. The molecular formula is C25H32N6O2S. The molecule has 0 radical (unpaired) electrons. The third-order valence-corrected chi connectivity index (χ3v) is 7.39. The van der Waals surface area contributed by atoms with Gasteiger partial charge in [0.25, 0.3) is 5.89 Å². The molecule has 0 aromatic carbocycles. The van der Waals surface area contributed by atoms with Gasteiger partial charge in [0.15, 0.2) is 0 Å². The van der Waals surface area contributed by atoms with E-state index >= 15 is 0 Å². The molecule has 0 saturated heterocycles. The fraction of sp³-hybridized carbons (Fsp3) is 0.520. The molecule has 0 aliphatic heterocycles. The second-order valence-corrected chi connectivity index (χ2v) is 9.89. The molecule has 0 bridgehead atoms. The molecule has 0 spiro atoms. The molecule has 9 heteroatoms. The summed E-state index contributed by atoms with van der Waals surface area (Å²) in [6.45, 7) is 7.38. The van der Waals surface area contributed by atoms with Crippen molar-refractivity contribution in [2.75, 3.05) is 18.4 Å². The number of anilines is 1. The molecule has 3 aromatic rings. The summed E-state index contributed by atoms with van der Waals surface area (Å²) >= 11 is 1.55. The van der Waals surface area contributed by atoms with Crippen LogP contribution in [0.3, 0.4) is 0 Å². The Hall–Kier alpha value is -2.96. The van der Waals surface area contributed by atoms with Crippen molar-refractivity contribution >= 4 is 23.1 Å². The van der Waals surface area contributed by atoms with Crippen LogP contribution >= 0.6 is 11.3 Å². The zero-order valence-corrected chi connectivity index (χ0v) is 21.0. The summed E-state index contributed by atoms with van der Waals surface area (Å²) in [7, 11) is 0. The highest BCUT2D eigenvalue weighted by atomic mass is 32.1. The quantitative estimate of drug-likeness (QED) is 0.437. The Morgan fingerprint density at radius 2 is 2.12 bits per heavy atom. The van der Waals surface area contributed by atoms with Crippen molar-refractivity contribution in [3.8, 4) is 16.8 Å². The molecule has 1 fully saturated rings. The number of nitrogens with zero attached hydrogens (tertiary/aromatic N) is 5. The van der Waals surface area contributed by atoms with Crippen molar-refractivity contribution in [3.63, 3.8) is 0 Å². The molecule has 1 saturated carbocycles. The van der Waals surface area contributed by atoms with E-state index in [0.29, 0.717) is 35.7 Å². The highest BCUT2D eigenvalue weighted by Crippen LogP contribution is 2.36. The molecule has 4 rings (SSSR count). The average Bonchev–Trinajstić information content (AvgIpc) is 3.56. The van der Waals surface area contributed by atoms with E-state index in [-0.39, 0.29) is 12.5 Å². The Bertz CT molecular complexity index is 1150. The summed E-state index contributed by atoms with van der Waals surface area (Å²) in [6.07, 6.45) is 6.65. The Morgan fingerprint density at radius 1 is 1.32 bits per heavy atom. The Balaban J connectivity index is 1.49. The zero-order valence-electron chi connectivity index (χ0n) is 20.1. The number of nitriles is 1. The first-order chi connectivity index (χ1) is 16.5. The van der Waals surface area contributed by atoms with Gasteiger partial charge >= 0.3 is 0 Å². The van der Waals surface area contributed by atoms with Gasteiger partial charge in [-0.05, 0) is 56.7 Å². The van der Waals surface area contributed by atoms with Crippen molar-refractivity contribution < 1.29 is 9.21 Å². The van der Waals surface area contributed by atoms with Gasteiger partial charge in [0, 0.05) is 11.7 Å². The monoisotopic (exact) mass is 480 g/mol. The van der Waals surface area contributed by atoms with Crippen LogP contribution in [-0.2, 0) is 11.3 Å². The van der Waals surface area contributed by atoms with Gasteiger partial charge in [-0.15, -0.1) is 21.5 Å². The molecule has 1 aliphatic carbocycles. The van der Waals surface area contributed by atoms with E-state index in [1.54, 1.807) is 11.3 Å². The second kappa shape index (κ2) is 11.0. The summed E-state index contributed by atoms with van der Waals surface area (Å²) in [6, 6.07) is 6.53. The number of carbonyl (C=O) groups is 1. The van der Waals surface area contributed by atoms with Crippen LogP contribution in [0, 0.1) is 25.2 Å². The fourth-order valence-electron chi connectivity index (χ4n) is 4.80. The Labute approximate surface area is 204 Å². The van der Waals surface area contributed by atoms with Gasteiger partial charge in [0.05, 0.1) is 23.5 Å². The number of amides is 1. The highest BCUT2D eigenvalue weighted by Gasteiger charge is 2.26. The van der Waals surface area contributed by atoms with Crippen LogP contribution in [0.4, 0.5) is 5.82 Å². The molecule has 0 unspecified atom stereocenters. The minimum Gasteiger partial charge on any atom is -0.419 e. The third-order valence-electron chi connectivity index (χ3n) is 6.53. The maximum atomic E-state index is 13.2. The molecule has 1 N–H and O–H groups in total. The van der Waals surface area contributed by atoms with Gasteiger partial charge in [0.1, 0.15) is 11.9 Å². The molecule has 1 aliphatic rings. The number of hydrogen-bond acceptors (Lipinski definition) is 7. The van der Waals surface area contributed by atoms with Crippen LogP contribution in [-0.4, -0.2) is 38.7 Å². The lowest BCUT2D eigenvalue weighted by Gasteiger charge is -2.27. The lowest BCUT2D eigenvalue weighted by atomic mass is 9.95. The number of thiophene rings is 1. The lowest BCUT2D eigenvalue weighted by Crippen LogP contribution is -2.34. The number of hydrogen-bond donors (Lipinski definition) is 1. The number of aromatic nitrogens is 3. The van der Waals surface area contributed by atoms with E-state index in [9.17, 15) is 10.1 Å². The highest BCUT2D eigenvalue weighted by molar-refractivity contribution is 7.13. The molecule has 8 nitrogen and oxygen atoms in total. The zero-order chi connectivity index (χ0) is 24.1. The van der Waals surface area contributed by atoms with Crippen LogP contribution in [0.2, 0.25) is 0 Å². The first kappa shape index (κ1) is 24.2. The minimum atomic E-state index is -0.141. The van der Waals surface area contributed by atoms with E-state index in [1.807, 2.05) is 36.3 Å². The van der Waals surface area contributed by atoms with Crippen LogP contribution < -0.4 is 5.32 Å². The third kappa shape index (κ3) is 5.24. The fourth-order valence-corrected chi connectivity index (χ4v) is 5.44. The van der Waals surface area contributed by atoms with Crippen molar-refractivity contribution in [2.45, 2.75) is 71.9 Å². The Morgan fingerprint density at radius 3 is 2.79 bits per heavy atom. The van der Waals surface area contributed by atoms with Crippen LogP contribution in [0.25, 0.3) is 10.8 Å². The smallest absolute Gasteiger partial charge is 0.257 e. The van der Waals surface area contributed by atoms with E-state index < -0.39 is 0 Å². The molecule has 0 atom stereocenters. The number of nitrogens with one attached hydrogen (secondary N) is 1. The van der Waals surface area contributed by atoms with Gasteiger partial charge in [-0.3, -0.25) is 9.69 Å². The Kier molecular flexibility index (Phi) is 7.80. The van der Waals surface area contributed by atoms with Gasteiger partial charge in [0.2, 0.25) is 11.8 Å². The molecular weight excluding hydrogens is 448 g/mol. The van der Waals surface area contributed by atoms with E-state index in [2.05, 4.69) is 33.1 Å². The van der Waals surface area contributed by atoms with Gasteiger partial charge < -0.3 is 14.3 Å². The first-order valence-corrected chi connectivity index (χ1v) is 12.9. The van der Waals surface area contributed by atoms with Crippen LogP contribution in [0.1, 0.15) is 74.2 Å². The molecule has 3 heterocycles. The average molecular weight is 481 g/mol. The predicted octanol–water partition coefficient (Wildman–Crippen LogP) is 5.44. The summed E-state index contributed by atoms with van der Waals surface area (Å²) in [5.41, 5.74) is 2.58. The molecule has 1 amide bonds. The maximum absolute atomic E-state index is 13.2. The summed E-state index contributed by atoms with van der Waals surface area (Å²) in [5.74, 6) is 1.49. The largest absolute Gasteiger partial charge is 0.419 e. The van der Waals surface area contributed by atoms with Crippen LogP contribution in [0.5, 0.6) is 0 Å². The summed E-state index contributed by atoms with van der Waals surface area (Å²) in [5, 5.41) is 23.2. The van der Waals surface area contributed by atoms with Gasteiger partial charge in [-0.1, -0.05) is 32.3 Å². The summed E-state index contributed by atoms with van der Waals surface area (Å²) < 4.78 is 8.02. The normalized spacial score (nSPS) is 14.4. The predicted molar refractivity (Wildman–Crippen MR) is 133 cm³/mol. The topological polar surface area (TPSA) is 100.0 Å². The van der Waals surface area contributed by atoms with Crippen molar-refractivity contribution in [1.29, 1.82) is 5.26 Å².